The summed E-state index contributed by atoms with van der Waals surface area (Å²) in [6, 6.07) is -0.507. The molecule has 0 unspecified atom stereocenters. The Labute approximate surface area is 117 Å². The molecule has 0 saturated carbocycles. The lowest BCUT2D eigenvalue weighted by Crippen LogP contribution is -2.62. The van der Waals surface area contributed by atoms with Crippen LogP contribution < -0.4 is 10.6 Å². The molecule has 0 bridgehead atoms. The first-order valence-electron chi connectivity index (χ1n) is 6.77. The summed E-state index contributed by atoms with van der Waals surface area (Å²) in [5, 5.41) is 4.99. The predicted molar refractivity (Wildman–Crippen MR) is 74.3 cm³/mol. The van der Waals surface area contributed by atoms with Crippen LogP contribution in [0.5, 0.6) is 0 Å². The molecule has 0 atom stereocenters. The minimum atomic E-state index is -0.734. The van der Waals surface area contributed by atoms with Gasteiger partial charge in [-0.2, -0.15) is 0 Å². The fraction of sp³-hybridized carbons (Fsp3) is 0.538. The lowest BCUT2D eigenvalue weighted by atomic mass is 9.79. The van der Waals surface area contributed by atoms with Crippen molar-refractivity contribution in [2.24, 2.45) is 10.4 Å². The van der Waals surface area contributed by atoms with Gasteiger partial charge in [-0.1, -0.05) is 13.8 Å². The van der Waals surface area contributed by atoms with Crippen molar-refractivity contribution >= 4 is 17.8 Å². The fourth-order valence-corrected chi connectivity index (χ4v) is 2.40. The Morgan fingerprint density at radius 3 is 2.60 bits per heavy atom. The van der Waals surface area contributed by atoms with E-state index in [1.807, 2.05) is 13.8 Å². The third kappa shape index (κ3) is 2.56. The van der Waals surface area contributed by atoms with Crippen molar-refractivity contribution in [3.8, 4) is 0 Å². The van der Waals surface area contributed by atoms with Gasteiger partial charge in [0, 0.05) is 24.9 Å². The first-order chi connectivity index (χ1) is 9.62. The highest BCUT2D eigenvalue weighted by molar-refractivity contribution is 6.20. The summed E-state index contributed by atoms with van der Waals surface area (Å²) in [5.74, 6) is 0.197. The van der Waals surface area contributed by atoms with Crippen molar-refractivity contribution in [1.29, 1.82) is 0 Å². The number of imidazole rings is 1. The molecule has 0 aromatic carbocycles. The van der Waals surface area contributed by atoms with Gasteiger partial charge in [0.25, 0.3) is 0 Å². The molecule has 1 aliphatic heterocycles. The van der Waals surface area contributed by atoms with Crippen LogP contribution in [0.25, 0.3) is 0 Å². The van der Waals surface area contributed by atoms with E-state index in [0.717, 1.165) is 5.69 Å². The summed E-state index contributed by atoms with van der Waals surface area (Å²) in [7, 11) is 0. The van der Waals surface area contributed by atoms with Crippen molar-refractivity contribution in [3.63, 3.8) is 0 Å². The summed E-state index contributed by atoms with van der Waals surface area (Å²) in [6.07, 6.45) is 5.22. The number of rotatable bonds is 5. The van der Waals surface area contributed by atoms with Gasteiger partial charge in [-0.15, -0.1) is 0 Å². The van der Waals surface area contributed by atoms with E-state index in [1.54, 1.807) is 12.5 Å². The molecule has 20 heavy (non-hydrogen) atoms. The summed E-state index contributed by atoms with van der Waals surface area (Å²) in [6.45, 7) is 4.34. The van der Waals surface area contributed by atoms with E-state index in [0.29, 0.717) is 31.6 Å². The third-order valence-electron chi connectivity index (χ3n) is 3.76. The zero-order valence-electron chi connectivity index (χ0n) is 11.7. The van der Waals surface area contributed by atoms with Gasteiger partial charge in [0.1, 0.15) is 11.3 Å². The molecule has 0 spiro atoms. The first kappa shape index (κ1) is 14.2. The SMILES string of the molecule is CCC1(CC)C(=O)NC(=O)NC1=NCCc1cnc[nH]1. The number of urea groups is 1. The average molecular weight is 277 g/mol. The Morgan fingerprint density at radius 1 is 1.25 bits per heavy atom. The van der Waals surface area contributed by atoms with Crippen LogP contribution in [-0.4, -0.2) is 34.3 Å². The van der Waals surface area contributed by atoms with Gasteiger partial charge in [0.05, 0.1) is 6.33 Å². The number of carbonyl (C=O) groups is 2. The molecule has 3 N–H and O–H groups in total. The second-order valence-corrected chi connectivity index (χ2v) is 4.75. The van der Waals surface area contributed by atoms with Crippen LogP contribution in [0.15, 0.2) is 17.5 Å². The van der Waals surface area contributed by atoms with E-state index in [4.69, 9.17) is 0 Å². The number of nitrogens with one attached hydrogen (secondary N) is 3. The molecule has 3 amide bonds. The van der Waals surface area contributed by atoms with Gasteiger partial charge < -0.3 is 4.98 Å². The van der Waals surface area contributed by atoms with Crippen LogP contribution in [0, 0.1) is 5.41 Å². The minimum Gasteiger partial charge on any atom is -0.348 e. The molecule has 1 fully saturated rings. The largest absolute Gasteiger partial charge is 0.348 e. The van der Waals surface area contributed by atoms with Crippen LogP contribution in [0.3, 0.4) is 0 Å². The number of imide groups is 1. The Kier molecular flexibility index (Phi) is 4.16. The van der Waals surface area contributed by atoms with Gasteiger partial charge in [0.15, 0.2) is 0 Å². The van der Waals surface area contributed by atoms with Crippen molar-refractivity contribution in [1.82, 2.24) is 20.6 Å². The highest BCUT2D eigenvalue weighted by Gasteiger charge is 2.45. The molecule has 1 aliphatic rings. The Hall–Kier alpha value is -2.18. The number of aliphatic imine (C=N–C) groups is 1. The third-order valence-corrected chi connectivity index (χ3v) is 3.76. The number of hydrogen-bond donors (Lipinski definition) is 3. The van der Waals surface area contributed by atoms with E-state index in [2.05, 4.69) is 25.6 Å². The molecule has 108 valence electrons. The first-order valence-corrected chi connectivity index (χ1v) is 6.77. The van der Waals surface area contributed by atoms with Crippen LogP contribution in [0.4, 0.5) is 4.79 Å². The van der Waals surface area contributed by atoms with E-state index in [1.165, 1.54) is 0 Å². The highest BCUT2D eigenvalue weighted by atomic mass is 16.2. The van der Waals surface area contributed by atoms with Crippen LogP contribution in [0.1, 0.15) is 32.4 Å². The van der Waals surface area contributed by atoms with Crippen LogP contribution in [-0.2, 0) is 11.2 Å². The molecule has 2 heterocycles. The standard InChI is InChI=1S/C13H19N5O2/c1-3-13(4-2)10(17-12(20)18-11(13)19)15-6-5-9-7-14-8-16-9/h7-8H,3-6H2,1-2H3,(H,14,16)(H2,15,17,18,19,20). The van der Waals surface area contributed by atoms with Crippen molar-refractivity contribution in [2.75, 3.05) is 6.54 Å². The molecule has 1 aromatic heterocycles. The number of carbonyl (C=O) groups excluding carboxylic acids is 2. The quantitative estimate of drug-likeness (QED) is 0.748. The summed E-state index contributed by atoms with van der Waals surface area (Å²) in [4.78, 5) is 34.9. The number of amidine groups is 1. The Bertz CT molecular complexity index is 517. The fourth-order valence-electron chi connectivity index (χ4n) is 2.40. The van der Waals surface area contributed by atoms with E-state index >= 15 is 0 Å². The topological polar surface area (TPSA) is 99.2 Å². The molecule has 1 saturated heterocycles. The molecular formula is C13H19N5O2. The maximum absolute atomic E-state index is 12.1. The van der Waals surface area contributed by atoms with Crippen molar-refractivity contribution < 1.29 is 9.59 Å². The zero-order chi connectivity index (χ0) is 14.6. The van der Waals surface area contributed by atoms with Gasteiger partial charge in [-0.25, -0.2) is 9.78 Å². The zero-order valence-corrected chi connectivity index (χ0v) is 11.7. The predicted octanol–water partition coefficient (Wildman–Crippen LogP) is 0.996. The molecule has 0 aliphatic carbocycles. The summed E-state index contributed by atoms with van der Waals surface area (Å²) < 4.78 is 0. The smallest absolute Gasteiger partial charge is 0.326 e. The van der Waals surface area contributed by atoms with Crippen LogP contribution >= 0.6 is 0 Å². The van der Waals surface area contributed by atoms with Gasteiger partial charge >= 0.3 is 6.03 Å². The molecule has 7 heteroatoms. The molecule has 1 aromatic rings. The Balaban J connectivity index is 2.16. The second-order valence-electron chi connectivity index (χ2n) is 4.75. The Morgan fingerprint density at radius 2 is 2.00 bits per heavy atom. The second kappa shape index (κ2) is 5.85. The highest BCUT2D eigenvalue weighted by Crippen LogP contribution is 2.29. The van der Waals surface area contributed by atoms with E-state index in [9.17, 15) is 9.59 Å². The maximum Gasteiger partial charge on any atom is 0.326 e. The number of nitrogens with zero attached hydrogens (tertiary/aromatic N) is 2. The van der Waals surface area contributed by atoms with Gasteiger partial charge in [-0.05, 0) is 12.8 Å². The van der Waals surface area contributed by atoms with Gasteiger partial charge in [0.2, 0.25) is 5.91 Å². The maximum atomic E-state index is 12.1. The molecule has 2 rings (SSSR count). The monoisotopic (exact) mass is 277 g/mol. The van der Waals surface area contributed by atoms with E-state index in [-0.39, 0.29) is 5.91 Å². The molecule has 0 radical (unpaired) electrons. The van der Waals surface area contributed by atoms with Gasteiger partial charge in [-0.3, -0.25) is 20.4 Å². The van der Waals surface area contributed by atoms with Crippen LogP contribution in [0.2, 0.25) is 0 Å². The lowest BCUT2D eigenvalue weighted by molar-refractivity contribution is -0.127. The summed E-state index contributed by atoms with van der Waals surface area (Å²) >= 11 is 0. The number of amides is 3. The number of hydrogen-bond acceptors (Lipinski definition) is 4. The molecular weight excluding hydrogens is 258 g/mol. The normalized spacial score (nSPS) is 19.8. The molecule has 7 nitrogen and oxygen atoms in total. The minimum absolute atomic E-state index is 0.272. The average Bonchev–Trinajstić information content (AvgIpc) is 2.92. The van der Waals surface area contributed by atoms with Crippen molar-refractivity contribution in [2.45, 2.75) is 33.1 Å². The summed E-state index contributed by atoms with van der Waals surface area (Å²) in [5.41, 5.74) is 0.238. The van der Waals surface area contributed by atoms with Crippen molar-refractivity contribution in [3.05, 3.63) is 18.2 Å². The lowest BCUT2D eigenvalue weighted by Gasteiger charge is -2.35. The van der Waals surface area contributed by atoms with E-state index < -0.39 is 11.4 Å². The number of aromatic nitrogens is 2. The number of aromatic amines is 1. The number of H-pyrrole nitrogens is 1.